The number of methoxy groups -OCH3 is 1. The lowest BCUT2D eigenvalue weighted by molar-refractivity contribution is 0.408. The zero-order chi connectivity index (χ0) is 17.5. The van der Waals surface area contributed by atoms with Gasteiger partial charge < -0.3 is 10.5 Å². The van der Waals surface area contributed by atoms with Crippen LogP contribution in [0.3, 0.4) is 0 Å². The molecule has 0 radical (unpaired) electrons. The molecule has 0 amide bonds. The average Bonchev–Trinajstić information content (AvgIpc) is 2.83. The first-order chi connectivity index (χ1) is 11.4. The van der Waals surface area contributed by atoms with E-state index in [2.05, 4.69) is 28.1 Å². The summed E-state index contributed by atoms with van der Waals surface area (Å²) >= 11 is 3.54. The van der Waals surface area contributed by atoms with Crippen LogP contribution in [0, 0.1) is 13.8 Å². The minimum absolute atomic E-state index is 0.473. The van der Waals surface area contributed by atoms with Crippen LogP contribution < -0.4 is 10.5 Å². The van der Waals surface area contributed by atoms with Gasteiger partial charge in [-0.15, -0.1) is 0 Å². The fourth-order valence-corrected chi connectivity index (χ4v) is 3.58. The van der Waals surface area contributed by atoms with Gasteiger partial charge in [-0.3, -0.25) is 0 Å². The number of benzene rings is 2. The summed E-state index contributed by atoms with van der Waals surface area (Å²) < 4.78 is 6.47. The van der Waals surface area contributed by atoms with Crippen molar-refractivity contribution in [3.63, 3.8) is 0 Å². The van der Waals surface area contributed by atoms with Crippen molar-refractivity contribution in [2.75, 3.05) is 7.11 Å². The van der Waals surface area contributed by atoms with E-state index in [1.54, 1.807) is 7.11 Å². The lowest BCUT2D eigenvalue weighted by Gasteiger charge is -2.26. The smallest absolute Gasteiger partial charge is 0.204 e. The van der Waals surface area contributed by atoms with Crippen molar-refractivity contribution >= 4 is 27.5 Å². The van der Waals surface area contributed by atoms with Crippen molar-refractivity contribution in [2.45, 2.75) is 26.4 Å². The maximum Gasteiger partial charge on any atom is 0.204 e. The summed E-state index contributed by atoms with van der Waals surface area (Å²) in [7, 11) is 1.69. The van der Waals surface area contributed by atoms with E-state index in [9.17, 15) is 0 Å². The molecule has 0 bridgehead atoms. The summed E-state index contributed by atoms with van der Waals surface area (Å²) in [6, 6.07) is 12.2. The highest BCUT2D eigenvalue weighted by atomic mass is 79.9. The van der Waals surface area contributed by atoms with Gasteiger partial charge in [-0.05, 0) is 56.2 Å². The topological polar surface area (TPSA) is 60.0 Å². The second-order valence-corrected chi connectivity index (χ2v) is 6.94. The van der Waals surface area contributed by atoms with Gasteiger partial charge in [-0.1, -0.05) is 28.1 Å². The van der Waals surface area contributed by atoms with Crippen LogP contribution in [0.4, 0.5) is 0 Å². The van der Waals surface area contributed by atoms with E-state index in [0.29, 0.717) is 5.84 Å². The molecule has 124 valence electrons. The van der Waals surface area contributed by atoms with Crippen molar-refractivity contribution in [1.82, 2.24) is 0 Å². The number of nitrogens with zero attached hydrogens (tertiary/aromatic N) is 2. The van der Waals surface area contributed by atoms with Crippen molar-refractivity contribution in [1.29, 1.82) is 0 Å². The molecule has 0 aromatic heterocycles. The minimum atomic E-state index is -0.847. The van der Waals surface area contributed by atoms with Gasteiger partial charge in [0, 0.05) is 15.6 Å². The molecule has 0 saturated carbocycles. The van der Waals surface area contributed by atoms with Gasteiger partial charge in [0.2, 0.25) is 5.66 Å². The average molecular weight is 386 g/mol. The van der Waals surface area contributed by atoms with Crippen LogP contribution >= 0.6 is 15.9 Å². The molecule has 1 unspecified atom stereocenters. The molecule has 0 aliphatic carbocycles. The summed E-state index contributed by atoms with van der Waals surface area (Å²) in [5.74, 6) is 1.36. The molecule has 0 spiro atoms. The van der Waals surface area contributed by atoms with Crippen LogP contribution in [0.1, 0.15) is 29.2 Å². The van der Waals surface area contributed by atoms with E-state index in [-0.39, 0.29) is 0 Å². The largest absolute Gasteiger partial charge is 0.496 e. The van der Waals surface area contributed by atoms with E-state index in [1.165, 1.54) is 0 Å². The van der Waals surface area contributed by atoms with Crippen molar-refractivity contribution in [3.8, 4) is 5.75 Å². The Labute approximate surface area is 150 Å². The van der Waals surface area contributed by atoms with Crippen molar-refractivity contribution in [3.05, 3.63) is 63.1 Å². The van der Waals surface area contributed by atoms with E-state index in [1.807, 2.05) is 45.0 Å². The maximum atomic E-state index is 6.08. The van der Waals surface area contributed by atoms with Crippen LogP contribution in [0.5, 0.6) is 5.75 Å². The van der Waals surface area contributed by atoms with Gasteiger partial charge in [0.1, 0.15) is 11.6 Å². The highest BCUT2D eigenvalue weighted by molar-refractivity contribution is 9.10. The molecule has 0 saturated heterocycles. The fourth-order valence-electron chi connectivity index (χ4n) is 3.18. The summed E-state index contributed by atoms with van der Waals surface area (Å²) in [5.41, 5.74) is 10.0. The van der Waals surface area contributed by atoms with Crippen molar-refractivity contribution in [2.24, 2.45) is 15.7 Å². The zero-order valence-electron chi connectivity index (χ0n) is 14.2. The number of aryl methyl sites for hydroxylation is 2. The molecule has 2 N–H and O–H groups in total. The summed E-state index contributed by atoms with van der Waals surface area (Å²) in [4.78, 5) is 9.60. The number of aliphatic imine (C=N–C) groups is 2. The summed E-state index contributed by atoms with van der Waals surface area (Å²) in [6.45, 7) is 5.95. The van der Waals surface area contributed by atoms with E-state index in [4.69, 9.17) is 20.5 Å². The fraction of sp³-hybridized carbons (Fsp3) is 0.263. The highest BCUT2D eigenvalue weighted by Gasteiger charge is 2.38. The zero-order valence-corrected chi connectivity index (χ0v) is 15.8. The van der Waals surface area contributed by atoms with Gasteiger partial charge >= 0.3 is 0 Å². The number of halogens is 1. The first-order valence-electron chi connectivity index (χ1n) is 7.71. The van der Waals surface area contributed by atoms with E-state index < -0.39 is 5.66 Å². The molecule has 1 heterocycles. The number of hydrogen-bond donors (Lipinski definition) is 1. The Hall–Kier alpha value is -2.14. The second kappa shape index (κ2) is 6.06. The Morgan fingerprint density at radius 3 is 2.17 bits per heavy atom. The molecule has 0 fully saturated rings. The number of hydrogen-bond acceptors (Lipinski definition) is 4. The molecule has 24 heavy (non-hydrogen) atoms. The first kappa shape index (κ1) is 16.7. The standard InChI is InChI=1S/C19H20BrN3O/c1-11-8-15(9-12(2)17(11)24-4)19(22-13(3)18(21)23-19)14-6-5-7-16(20)10-14/h5-10H,1-4H3,(H2,21,23). The van der Waals surface area contributed by atoms with E-state index >= 15 is 0 Å². The molecular weight excluding hydrogens is 366 g/mol. The molecule has 3 rings (SSSR count). The van der Waals surface area contributed by atoms with Gasteiger partial charge in [-0.25, -0.2) is 9.98 Å². The minimum Gasteiger partial charge on any atom is -0.496 e. The monoisotopic (exact) mass is 385 g/mol. The van der Waals surface area contributed by atoms with Gasteiger partial charge in [0.25, 0.3) is 0 Å². The maximum absolute atomic E-state index is 6.08. The predicted octanol–water partition coefficient (Wildman–Crippen LogP) is 4.11. The van der Waals surface area contributed by atoms with Gasteiger partial charge in [0.05, 0.1) is 12.8 Å². The molecule has 5 heteroatoms. The third kappa shape index (κ3) is 2.63. The first-order valence-corrected chi connectivity index (χ1v) is 8.50. The van der Waals surface area contributed by atoms with Gasteiger partial charge in [0.15, 0.2) is 0 Å². The normalized spacial score (nSPS) is 19.9. The SMILES string of the molecule is COc1c(C)cc(C2(c3cccc(Br)c3)N=C(C)C(N)=N2)cc1C. The predicted molar refractivity (Wildman–Crippen MR) is 102 cm³/mol. The molecule has 2 aromatic rings. The van der Waals surface area contributed by atoms with Crippen LogP contribution in [-0.4, -0.2) is 18.7 Å². The summed E-state index contributed by atoms with van der Waals surface area (Å²) in [6.07, 6.45) is 0. The molecule has 4 nitrogen and oxygen atoms in total. The van der Waals surface area contributed by atoms with Crippen LogP contribution in [0.15, 0.2) is 50.9 Å². The van der Waals surface area contributed by atoms with Crippen molar-refractivity contribution < 1.29 is 4.74 Å². The molecule has 1 aliphatic rings. The number of ether oxygens (including phenoxy) is 1. The second-order valence-electron chi connectivity index (χ2n) is 6.02. The third-order valence-electron chi connectivity index (χ3n) is 4.28. The van der Waals surface area contributed by atoms with Crippen LogP contribution in [0.25, 0.3) is 0 Å². The number of nitrogens with two attached hydrogens (primary N) is 1. The Bertz CT molecular complexity index is 830. The highest BCUT2D eigenvalue weighted by Crippen LogP contribution is 2.41. The Kier molecular flexibility index (Phi) is 4.22. The molecule has 1 aliphatic heterocycles. The lowest BCUT2D eigenvalue weighted by atomic mass is 9.90. The Morgan fingerprint density at radius 2 is 1.67 bits per heavy atom. The third-order valence-corrected chi connectivity index (χ3v) is 4.77. The molecular formula is C19H20BrN3O. The molecule has 1 atom stereocenters. The lowest BCUT2D eigenvalue weighted by Crippen LogP contribution is -2.22. The van der Waals surface area contributed by atoms with Gasteiger partial charge in [-0.2, -0.15) is 0 Å². The number of amidine groups is 1. The Morgan fingerprint density at radius 1 is 1.00 bits per heavy atom. The number of rotatable bonds is 3. The Balaban J connectivity index is 2.29. The van der Waals surface area contributed by atoms with E-state index in [0.717, 1.165) is 38.2 Å². The summed E-state index contributed by atoms with van der Waals surface area (Å²) in [5, 5.41) is 0. The van der Waals surface area contributed by atoms with Crippen LogP contribution in [0.2, 0.25) is 0 Å². The molecule has 2 aromatic carbocycles. The quantitative estimate of drug-likeness (QED) is 0.863. The van der Waals surface area contributed by atoms with Crippen LogP contribution in [-0.2, 0) is 5.66 Å².